The number of carbonyl (C=O) groups excluding carboxylic acids is 1. The molecule has 3 aromatic rings. The molecule has 1 saturated heterocycles. The van der Waals surface area contributed by atoms with Crippen LogP contribution in [-0.2, 0) is 0 Å². The number of thiazole rings is 1. The molecular weight excluding hydrogens is 354 g/mol. The highest BCUT2D eigenvalue weighted by atomic mass is 32.1. The lowest BCUT2D eigenvalue weighted by Crippen LogP contribution is -2.34. The van der Waals surface area contributed by atoms with E-state index in [1.165, 1.54) is 5.56 Å². The Bertz CT molecular complexity index is 951. The lowest BCUT2D eigenvalue weighted by molar-refractivity contribution is 0.207. The van der Waals surface area contributed by atoms with E-state index in [9.17, 15) is 4.79 Å². The fraction of sp³-hybridized carbons (Fsp3) is 0.273. The molecule has 1 aliphatic rings. The number of benzene rings is 2. The largest absolute Gasteiger partial charge is 0.322 e. The van der Waals surface area contributed by atoms with Crippen LogP contribution < -0.4 is 5.32 Å². The standard InChI is InChI=1S/C22H23N3OS/c1-15-10-11-16(2)18(13-15)24-22(26)25-12-6-9-19(25)21-23-14-20(27-21)17-7-4-3-5-8-17/h3-5,7-8,10-11,13-14,19H,6,9,12H2,1-2H3,(H,24,26)/t19-/m0/s1. The number of hydrogen-bond acceptors (Lipinski definition) is 3. The Morgan fingerprint density at radius 3 is 2.81 bits per heavy atom. The predicted molar refractivity (Wildman–Crippen MR) is 111 cm³/mol. The molecule has 4 rings (SSSR count). The highest BCUT2D eigenvalue weighted by Crippen LogP contribution is 2.37. The van der Waals surface area contributed by atoms with Gasteiger partial charge in [0.25, 0.3) is 0 Å². The van der Waals surface area contributed by atoms with Gasteiger partial charge < -0.3 is 10.2 Å². The molecule has 4 nitrogen and oxygen atoms in total. The van der Waals surface area contributed by atoms with Gasteiger partial charge in [0.1, 0.15) is 5.01 Å². The number of amides is 2. The second kappa shape index (κ2) is 7.53. The first-order chi connectivity index (χ1) is 13.1. The molecule has 2 aromatic carbocycles. The second-order valence-corrected chi connectivity index (χ2v) is 8.09. The van der Waals surface area contributed by atoms with E-state index >= 15 is 0 Å². The van der Waals surface area contributed by atoms with Gasteiger partial charge in [0.2, 0.25) is 0 Å². The fourth-order valence-corrected chi connectivity index (χ4v) is 4.57. The molecule has 0 spiro atoms. The molecular formula is C22H23N3OS. The molecule has 1 aromatic heterocycles. The first-order valence-electron chi connectivity index (χ1n) is 9.28. The normalized spacial score (nSPS) is 16.5. The van der Waals surface area contributed by atoms with Crippen LogP contribution in [0.5, 0.6) is 0 Å². The van der Waals surface area contributed by atoms with E-state index in [0.717, 1.165) is 46.1 Å². The Morgan fingerprint density at radius 1 is 1.19 bits per heavy atom. The molecule has 0 unspecified atom stereocenters. The first kappa shape index (κ1) is 17.7. The van der Waals surface area contributed by atoms with E-state index in [-0.39, 0.29) is 12.1 Å². The predicted octanol–water partition coefficient (Wildman–Crippen LogP) is 5.80. The summed E-state index contributed by atoms with van der Waals surface area (Å²) in [6.07, 6.45) is 3.89. The zero-order valence-electron chi connectivity index (χ0n) is 15.6. The number of rotatable bonds is 3. The molecule has 0 aliphatic carbocycles. The molecule has 2 amide bonds. The van der Waals surface area contributed by atoms with Gasteiger partial charge in [-0.15, -0.1) is 11.3 Å². The molecule has 1 atom stereocenters. The summed E-state index contributed by atoms with van der Waals surface area (Å²) in [6, 6.07) is 16.4. The minimum absolute atomic E-state index is 0.0392. The zero-order chi connectivity index (χ0) is 18.8. The number of nitrogens with zero attached hydrogens (tertiary/aromatic N) is 2. The van der Waals surface area contributed by atoms with E-state index in [4.69, 9.17) is 0 Å². The van der Waals surface area contributed by atoms with Gasteiger partial charge in [-0.1, -0.05) is 42.5 Å². The smallest absolute Gasteiger partial charge is 0.315 e. The third kappa shape index (κ3) is 3.74. The molecule has 0 saturated carbocycles. The van der Waals surface area contributed by atoms with Crippen molar-refractivity contribution in [3.05, 3.63) is 70.9 Å². The molecule has 138 valence electrons. The van der Waals surface area contributed by atoms with Crippen molar-refractivity contribution in [3.8, 4) is 10.4 Å². The highest BCUT2D eigenvalue weighted by Gasteiger charge is 2.32. The van der Waals surface area contributed by atoms with Crippen molar-refractivity contribution in [3.63, 3.8) is 0 Å². The van der Waals surface area contributed by atoms with Gasteiger partial charge in [-0.05, 0) is 49.4 Å². The number of aromatic nitrogens is 1. The Morgan fingerprint density at radius 2 is 2.00 bits per heavy atom. The van der Waals surface area contributed by atoms with E-state index in [2.05, 4.69) is 28.5 Å². The molecule has 27 heavy (non-hydrogen) atoms. The first-order valence-corrected chi connectivity index (χ1v) is 10.1. The molecule has 5 heteroatoms. The van der Waals surface area contributed by atoms with Crippen molar-refractivity contribution >= 4 is 23.1 Å². The maximum Gasteiger partial charge on any atom is 0.322 e. The Labute approximate surface area is 163 Å². The highest BCUT2D eigenvalue weighted by molar-refractivity contribution is 7.15. The fourth-order valence-electron chi connectivity index (χ4n) is 3.50. The summed E-state index contributed by atoms with van der Waals surface area (Å²) in [4.78, 5) is 20.6. The van der Waals surface area contributed by atoms with Gasteiger partial charge in [-0.2, -0.15) is 0 Å². The van der Waals surface area contributed by atoms with Crippen molar-refractivity contribution in [1.29, 1.82) is 0 Å². The van der Waals surface area contributed by atoms with E-state index in [0.29, 0.717) is 0 Å². The molecule has 1 fully saturated rings. The quantitative estimate of drug-likeness (QED) is 0.627. The van der Waals surface area contributed by atoms with Gasteiger partial charge in [0, 0.05) is 18.4 Å². The molecule has 1 aliphatic heterocycles. The van der Waals surface area contributed by atoms with Crippen LogP contribution in [0, 0.1) is 13.8 Å². The van der Waals surface area contributed by atoms with E-state index < -0.39 is 0 Å². The lowest BCUT2D eigenvalue weighted by atomic mass is 10.1. The van der Waals surface area contributed by atoms with E-state index in [1.54, 1.807) is 11.3 Å². The van der Waals surface area contributed by atoms with Crippen LogP contribution in [0.2, 0.25) is 0 Å². The van der Waals surface area contributed by atoms with Gasteiger partial charge in [0.05, 0.1) is 10.9 Å². The number of urea groups is 1. The van der Waals surface area contributed by atoms with Crippen LogP contribution in [0.3, 0.4) is 0 Å². The summed E-state index contributed by atoms with van der Waals surface area (Å²) >= 11 is 1.68. The molecule has 0 radical (unpaired) electrons. The van der Waals surface area contributed by atoms with Crippen LogP contribution >= 0.6 is 11.3 Å². The van der Waals surface area contributed by atoms with Crippen molar-refractivity contribution in [2.45, 2.75) is 32.7 Å². The number of anilines is 1. The topological polar surface area (TPSA) is 45.2 Å². The van der Waals surface area contributed by atoms with Crippen LogP contribution in [0.1, 0.15) is 35.0 Å². The number of hydrogen-bond donors (Lipinski definition) is 1. The van der Waals surface area contributed by atoms with Gasteiger partial charge >= 0.3 is 6.03 Å². The SMILES string of the molecule is Cc1ccc(C)c(NC(=O)N2CCC[C@H]2c2ncc(-c3ccccc3)s2)c1. The van der Waals surface area contributed by atoms with Gasteiger partial charge in [0.15, 0.2) is 0 Å². The lowest BCUT2D eigenvalue weighted by Gasteiger charge is -2.24. The van der Waals surface area contributed by atoms with Crippen LogP contribution in [0.25, 0.3) is 10.4 Å². The maximum atomic E-state index is 12.9. The molecule has 0 bridgehead atoms. The van der Waals surface area contributed by atoms with Gasteiger partial charge in [-0.3, -0.25) is 0 Å². The summed E-state index contributed by atoms with van der Waals surface area (Å²) in [7, 11) is 0. The molecule has 2 heterocycles. The van der Waals surface area contributed by atoms with Crippen molar-refractivity contribution in [1.82, 2.24) is 9.88 Å². The number of likely N-dealkylation sites (tertiary alicyclic amines) is 1. The van der Waals surface area contributed by atoms with Crippen molar-refractivity contribution < 1.29 is 4.79 Å². The number of aryl methyl sites for hydroxylation is 2. The number of nitrogens with one attached hydrogen (secondary N) is 1. The van der Waals surface area contributed by atoms with Crippen LogP contribution in [-0.4, -0.2) is 22.5 Å². The van der Waals surface area contributed by atoms with Crippen molar-refractivity contribution in [2.75, 3.05) is 11.9 Å². The Kier molecular flexibility index (Phi) is 4.94. The maximum absolute atomic E-state index is 12.9. The van der Waals surface area contributed by atoms with Gasteiger partial charge in [-0.25, -0.2) is 9.78 Å². The average molecular weight is 378 g/mol. The minimum atomic E-state index is -0.0392. The monoisotopic (exact) mass is 377 g/mol. The Balaban J connectivity index is 1.53. The van der Waals surface area contributed by atoms with E-state index in [1.807, 2.05) is 55.3 Å². The average Bonchev–Trinajstić information content (AvgIpc) is 3.34. The van der Waals surface area contributed by atoms with Crippen LogP contribution in [0.15, 0.2) is 54.7 Å². The van der Waals surface area contributed by atoms with Crippen molar-refractivity contribution in [2.24, 2.45) is 0 Å². The van der Waals surface area contributed by atoms with Crippen LogP contribution in [0.4, 0.5) is 10.5 Å². The summed E-state index contributed by atoms with van der Waals surface area (Å²) in [6.45, 7) is 4.82. The molecule has 1 N–H and O–H groups in total. The summed E-state index contributed by atoms with van der Waals surface area (Å²) in [5.74, 6) is 0. The zero-order valence-corrected chi connectivity index (χ0v) is 16.4. The third-order valence-electron chi connectivity index (χ3n) is 5.02. The Hall–Kier alpha value is -2.66. The summed E-state index contributed by atoms with van der Waals surface area (Å²) < 4.78 is 0. The number of carbonyl (C=O) groups is 1. The summed E-state index contributed by atoms with van der Waals surface area (Å²) in [5, 5.41) is 4.11. The minimum Gasteiger partial charge on any atom is -0.315 e. The second-order valence-electron chi connectivity index (χ2n) is 7.03. The third-order valence-corrected chi connectivity index (χ3v) is 6.16. The summed E-state index contributed by atoms with van der Waals surface area (Å²) in [5.41, 5.74) is 4.27.